The highest BCUT2D eigenvalue weighted by Crippen LogP contribution is 2.14. The third-order valence-electron chi connectivity index (χ3n) is 2.66. The predicted molar refractivity (Wildman–Crippen MR) is 70.1 cm³/mol. The van der Waals surface area contributed by atoms with Crippen molar-refractivity contribution in [3.63, 3.8) is 0 Å². The molecular formula is C13H16N4. The molecule has 0 saturated heterocycles. The fourth-order valence-corrected chi connectivity index (χ4v) is 1.55. The van der Waals surface area contributed by atoms with Crippen molar-refractivity contribution in [3.05, 3.63) is 48.0 Å². The molecule has 0 unspecified atom stereocenters. The molecule has 0 radical (unpaired) electrons. The second-order valence-electron chi connectivity index (χ2n) is 3.87. The molecule has 0 amide bonds. The maximum Gasteiger partial charge on any atom is 0.0550 e. The Kier molecular flexibility index (Phi) is 3.55. The number of hydrogen-bond donors (Lipinski definition) is 2. The van der Waals surface area contributed by atoms with Gasteiger partial charge < -0.3 is 10.6 Å². The second kappa shape index (κ2) is 5.30. The van der Waals surface area contributed by atoms with Crippen LogP contribution in [0.15, 0.2) is 36.9 Å². The summed E-state index contributed by atoms with van der Waals surface area (Å²) in [7, 11) is 1.88. The molecule has 2 rings (SSSR count). The number of aryl methyl sites for hydroxylation is 1. The van der Waals surface area contributed by atoms with Crippen molar-refractivity contribution in [3.8, 4) is 0 Å². The van der Waals surface area contributed by atoms with E-state index in [1.54, 1.807) is 6.20 Å². The molecule has 2 heterocycles. The van der Waals surface area contributed by atoms with Crippen LogP contribution in [-0.4, -0.2) is 17.0 Å². The first-order valence-corrected chi connectivity index (χ1v) is 5.56. The largest absolute Gasteiger partial charge is 0.387 e. The molecule has 0 spiro atoms. The topological polar surface area (TPSA) is 49.8 Å². The van der Waals surface area contributed by atoms with Crippen LogP contribution in [0.25, 0.3) is 0 Å². The van der Waals surface area contributed by atoms with Crippen LogP contribution in [0.3, 0.4) is 0 Å². The summed E-state index contributed by atoms with van der Waals surface area (Å²) >= 11 is 0. The van der Waals surface area contributed by atoms with Gasteiger partial charge in [0.2, 0.25) is 0 Å². The smallest absolute Gasteiger partial charge is 0.0550 e. The van der Waals surface area contributed by atoms with Crippen LogP contribution < -0.4 is 10.6 Å². The SMILES string of the molecule is CNc1cncc(NCc2cnccc2C)c1. The van der Waals surface area contributed by atoms with E-state index in [0.29, 0.717) is 0 Å². The van der Waals surface area contributed by atoms with Crippen molar-refractivity contribution < 1.29 is 0 Å². The van der Waals surface area contributed by atoms with Gasteiger partial charge in [0.05, 0.1) is 23.8 Å². The van der Waals surface area contributed by atoms with Gasteiger partial charge in [-0.15, -0.1) is 0 Å². The predicted octanol–water partition coefficient (Wildman–Crippen LogP) is 2.44. The van der Waals surface area contributed by atoms with Crippen molar-refractivity contribution in [2.45, 2.75) is 13.5 Å². The molecule has 17 heavy (non-hydrogen) atoms. The fourth-order valence-electron chi connectivity index (χ4n) is 1.55. The molecule has 4 nitrogen and oxygen atoms in total. The minimum atomic E-state index is 0.758. The monoisotopic (exact) mass is 228 g/mol. The van der Waals surface area contributed by atoms with Gasteiger partial charge in [-0.1, -0.05) is 0 Å². The summed E-state index contributed by atoms with van der Waals surface area (Å²) in [6.45, 7) is 2.84. The highest BCUT2D eigenvalue weighted by atomic mass is 14.9. The maximum absolute atomic E-state index is 4.15. The standard InChI is InChI=1S/C13H16N4/c1-10-3-4-15-6-11(10)7-17-13-5-12(14-2)8-16-9-13/h3-6,8-9,14,17H,7H2,1-2H3. The molecule has 0 aliphatic carbocycles. The van der Waals surface area contributed by atoms with E-state index >= 15 is 0 Å². The average molecular weight is 228 g/mol. The van der Waals surface area contributed by atoms with Crippen LogP contribution in [0.5, 0.6) is 0 Å². The van der Waals surface area contributed by atoms with E-state index in [2.05, 4.69) is 27.5 Å². The van der Waals surface area contributed by atoms with Gasteiger partial charge in [-0.05, 0) is 30.2 Å². The van der Waals surface area contributed by atoms with Gasteiger partial charge in [0.25, 0.3) is 0 Å². The Bertz CT molecular complexity index is 496. The average Bonchev–Trinajstić information content (AvgIpc) is 2.38. The molecule has 0 bridgehead atoms. The van der Waals surface area contributed by atoms with Crippen LogP contribution in [0, 0.1) is 6.92 Å². The quantitative estimate of drug-likeness (QED) is 0.844. The molecule has 2 aromatic heterocycles. The highest BCUT2D eigenvalue weighted by Gasteiger charge is 1.99. The van der Waals surface area contributed by atoms with Gasteiger partial charge in [0, 0.05) is 26.0 Å². The first-order chi connectivity index (χ1) is 8.29. The van der Waals surface area contributed by atoms with E-state index in [4.69, 9.17) is 0 Å². The summed E-state index contributed by atoms with van der Waals surface area (Å²) < 4.78 is 0. The summed E-state index contributed by atoms with van der Waals surface area (Å²) in [5.41, 5.74) is 4.44. The zero-order chi connectivity index (χ0) is 12.1. The lowest BCUT2D eigenvalue weighted by Gasteiger charge is -2.09. The summed E-state index contributed by atoms with van der Waals surface area (Å²) in [5, 5.41) is 6.40. The zero-order valence-electron chi connectivity index (χ0n) is 10.1. The van der Waals surface area contributed by atoms with Crippen molar-refractivity contribution >= 4 is 11.4 Å². The third kappa shape index (κ3) is 2.93. The van der Waals surface area contributed by atoms with Gasteiger partial charge in [-0.25, -0.2) is 0 Å². The lowest BCUT2D eigenvalue weighted by molar-refractivity contribution is 1.08. The molecule has 0 aliphatic heterocycles. The molecular weight excluding hydrogens is 212 g/mol. The fraction of sp³-hybridized carbons (Fsp3) is 0.231. The number of rotatable bonds is 4. The van der Waals surface area contributed by atoms with Gasteiger partial charge in [-0.2, -0.15) is 0 Å². The molecule has 0 aromatic carbocycles. The Morgan fingerprint density at radius 2 is 1.94 bits per heavy atom. The Labute approximate surface area is 101 Å². The molecule has 0 atom stereocenters. The normalized spacial score (nSPS) is 10.0. The molecule has 0 fully saturated rings. The Hall–Kier alpha value is -2.10. The molecule has 2 aromatic rings. The Morgan fingerprint density at radius 1 is 1.12 bits per heavy atom. The van der Waals surface area contributed by atoms with Crippen LogP contribution in [0.4, 0.5) is 11.4 Å². The van der Waals surface area contributed by atoms with Gasteiger partial charge >= 0.3 is 0 Å². The minimum Gasteiger partial charge on any atom is -0.387 e. The molecule has 88 valence electrons. The minimum absolute atomic E-state index is 0.758. The molecule has 4 heteroatoms. The Morgan fingerprint density at radius 3 is 2.71 bits per heavy atom. The second-order valence-corrected chi connectivity index (χ2v) is 3.87. The molecule has 2 N–H and O–H groups in total. The van der Waals surface area contributed by atoms with E-state index in [9.17, 15) is 0 Å². The maximum atomic E-state index is 4.15. The van der Waals surface area contributed by atoms with Crippen LogP contribution in [-0.2, 0) is 6.54 Å². The first-order valence-electron chi connectivity index (χ1n) is 5.56. The summed E-state index contributed by atoms with van der Waals surface area (Å²) in [4.78, 5) is 8.27. The van der Waals surface area contributed by atoms with Crippen molar-refractivity contribution in [2.75, 3.05) is 17.7 Å². The van der Waals surface area contributed by atoms with Gasteiger partial charge in [-0.3, -0.25) is 9.97 Å². The van der Waals surface area contributed by atoms with E-state index in [1.807, 2.05) is 37.8 Å². The number of pyridine rings is 2. The number of hydrogen-bond acceptors (Lipinski definition) is 4. The third-order valence-corrected chi connectivity index (χ3v) is 2.66. The van der Waals surface area contributed by atoms with Crippen molar-refractivity contribution in [1.82, 2.24) is 9.97 Å². The summed E-state index contributed by atoms with van der Waals surface area (Å²) in [6, 6.07) is 4.04. The van der Waals surface area contributed by atoms with E-state index in [1.165, 1.54) is 11.1 Å². The molecule has 0 saturated carbocycles. The summed E-state index contributed by atoms with van der Waals surface area (Å²) in [6.07, 6.45) is 7.30. The van der Waals surface area contributed by atoms with E-state index in [0.717, 1.165) is 17.9 Å². The van der Waals surface area contributed by atoms with Crippen molar-refractivity contribution in [2.24, 2.45) is 0 Å². The number of nitrogens with zero attached hydrogens (tertiary/aromatic N) is 2. The number of aromatic nitrogens is 2. The van der Waals surface area contributed by atoms with Crippen molar-refractivity contribution in [1.29, 1.82) is 0 Å². The van der Waals surface area contributed by atoms with E-state index in [-0.39, 0.29) is 0 Å². The highest BCUT2D eigenvalue weighted by molar-refractivity contribution is 5.53. The van der Waals surface area contributed by atoms with Crippen LogP contribution >= 0.6 is 0 Å². The van der Waals surface area contributed by atoms with Crippen LogP contribution in [0.2, 0.25) is 0 Å². The first kappa shape index (κ1) is 11.4. The lowest BCUT2D eigenvalue weighted by atomic mass is 10.1. The van der Waals surface area contributed by atoms with Crippen LogP contribution in [0.1, 0.15) is 11.1 Å². The van der Waals surface area contributed by atoms with Gasteiger partial charge in [0.1, 0.15) is 0 Å². The zero-order valence-corrected chi connectivity index (χ0v) is 10.1. The van der Waals surface area contributed by atoms with E-state index < -0.39 is 0 Å². The Balaban J connectivity index is 2.05. The summed E-state index contributed by atoms with van der Waals surface area (Å²) in [5.74, 6) is 0. The lowest BCUT2D eigenvalue weighted by Crippen LogP contribution is -2.02. The number of nitrogens with one attached hydrogen (secondary N) is 2. The number of anilines is 2. The van der Waals surface area contributed by atoms with Gasteiger partial charge in [0.15, 0.2) is 0 Å². The molecule has 0 aliphatic rings.